The molecule has 0 atom stereocenters. The lowest BCUT2D eigenvalue weighted by Crippen LogP contribution is -2.21. The van der Waals surface area contributed by atoms with Gasteiger partial charge in [0.25, 0.3) is 0 Å². The maximum absolute atomic E-state index is 5.98. The van der Waals surface area contributed by atoms with E-state index < -0.39 is 0 Å². The lowest BCUT2D eigenvalue weighted by molar-refractivity contribution is 0.304. The van der Waals surface area contributed by atoms with E-state index in [2.05, 4.69) is 30.8 Å². The summed E-state index contributed by atoms with van der Waals surface area (Å²) >= 11 is 0. The minimum absolute atomic E-state index is 0.686. The van der Waals surface area contributed by atoms with E-state index in [1.807, 2.05) is 24.3 Å². The summed E-state index contributed by atoms with van der Waals surface area (Å²) in [5.41, 5.74) is 0.901. The molecule has 5 heteroatoms. The Balaban J connectivity index is 2.24. The van der Waals surface area contributed by atoms with Crippen molar-refractivity contribution in [3.05, 3.63) is 24.3 Å². The van der Waals surface area contributed by atoms with Gasteiger partial charge in [-0.25, -0.2) is 0 Å². The summed E-state index contributed by atoms with van der Waals surface area (Å²) in [6.45, 7) is 8.86. The van der Waals surface area contributed by atoms with Crippen LogP contribution in [0, 0.1) is 0 Å². The minimum atomic E-state index is 0.686. The number of hydrogen-bond acceptors (Lipinski definition) is 5. The summed E-state index contributed by atoms with van der Waals surface area (Å²) in [6.07, 6.45) is 3.37. The number of rotatable bonds is 10. The van der Waals surface area contributed by atoms with Gasteiger partial charge in [-0.3, -0.25) is 0 Å². The van der Waals surface area contributed by atoms with Crippen molar-refractivity contribution < 1.29 is 14.0 Å². The monoisotopic (exact) mass is 332 g/mol. The number of methoxy groups -OCH3 is 1. The van der Waals surface area contributed by atoms with Gasteiger partial charge in [-0.15, -0.1) is 0 Å². The molecule has 132 valence electrons. The molecule has 1 aromatic heterocycles. The second-order valence-electron chi connectivity index (χ2n) is 5.64. The zero-order valence-electron chi connectivity index (χ0n) is 15.2. The van der Waals surface area contributed by atoms with Crippen molar-refractivity contribution in [3.63, 3.8) is 0 Å². The van der Waals surface area contributed by atoms with Crippen LogP contribution in [0.25, 0.3) is 11.3 Å². The average Bonchev–Trinajstić information content (AvgIpc) is 3.09. The molecule has 0 aliphatic carbocycles. The van der Waals surface area contributed by atoms with Gasteiger partial charge in [0.05, 0.1) is 19.3 Å². The highest BCUT2D eigenvalue weighted by Crippen LogP contribution is 2.35. The highest BCUT2D eigenvalue weighted by Gasteiger charge is 2.15. The zero-order valence-corrected chi connectivity index (χ0v) is 15.2. The second-order valence-corrected chi connectivity index (χ2v) is 5.64. The Hall–Kier alpha value is -2.17. The van der Waals surface area contributed by atoms with E-state index in [9.17, 15) is 0 Å². The average molecular weight is 332 g/mol. The van der Waals surface area contributed by atoms with E-state index >= 15 is 0 Å². The Bertz CT molecular complexity index is 621. The van der Waals surface area contributed by atoms with Crippen LogP contribution in [-0.4, -0.2) is 32.0 Å². The normalized spacial score (nSPS) is 10.7. The van der Waals surface area contributed by atoms with Crippen LogP contribution >= 0.6 is 0 Å². The van der Waals surface area contributed by atoms with Crippen molar-refractivity contribution in [3.8, 4) is 22.8 Å². The Morgan fingerprint density at radius 1 is 1.08 bits per heavy atom. The number of hydrogen-bond donors (Lipinski definition) is 0. The number of aromatic nitrogens is 1. The highest BCUT2D eigenvalue weighted by atomic mass is 16.5. The van der Waals surface area contributed by atoms with Crippen molar-refractivity contribution in [2.75, 3.05) is 31.7 Å². The molecule has 0 saturated carbocycles. The van der Waals surface area contributed by atoms with E-state index in [-0.39, 0.29) is 0 Å². The first-order chi connectivity index (χ1) is 11.7. The van der Waals surface area contributed by atoms with Gasteiger partial charge in [0.15, 0.2) is 11.6 Å². The van der Waals surface area contributed by atoms with Gasteiger partial charge >= 0.3 is 0 Å². The van der Waals surface area contributed by atoms with Gasteiger partial charge in [-0.1, -0.05) is 24.9 Å². The summed E-state index contributed by atoms with van der Waals surface area (Å²) in [7, 11) is 1.66. The fourth-order valence-corrected chi connectivity index (χ4v) is 2.58. The van der Waals surface area contributed by atoms with Crippen molar-refractivity contribution in [1.82, 2.24) is 5.16 Å². The van der Waals surface area contributed by atoms with Crippen LogP contribution in [0.15, 0.2) is 28.8 Å². The predicted octanol–water partition coefficient (Wildman–Crippen LogP) is 4.77. The molecule has 2 rings (SSSR count). The van der Waals surface area contributed by atoms with E-state index in [1.165, 1.54) is 6.42 Å². The summed E-state index contributed by atoms with van der Waals surface area (Å²) in [5.74, 6) is 3.10. The van der Waals surface area contributed by atoms with E-state index in [0.717, 1.165) is 48.8 Å². The lowest BCUT2D eigenvalue weighted by Gasteiger charge is -2.15. The maximum atomic E-state index is 5.98. The first kappa shape index (κ1) is 18.2. The fraction of sp³-hybridized carbons (Fsp3) is 0.526. The Morgan fingerprint density at radius 3 is 2.54 bits per heavy atom. The Labute approximate surface area is 144 Å². The molecule has 0 spiro atoms. The first-order valence-corrected chi connectivity index (χ1v) is 8.76. The summed E-state index contributed by atoms with van der Waals surface area (Å²) in [6, 6.07) is 7.74. The molecule has 0 N–H and O–H groups in total. The van der Waals surface area contributed by atoms with Gasteiger partial charge in [-0.05, 0) is 32.4 Å². The smallest absolute Gasteiger partial charge is 0.172 e. The van der Waals surface area contributed by atoms with Crippen molar-refractivity contribution >= 4 is 5.82 Å². The molecule has 24 heavy (non-hydrogen) atoms. The van der Waals surface area contributed by atoms with Gasteiger partial charge in [0, 0.05) is 25.2 Å². The Morgan fingerprint density at radius 2 is 1.88 bits per heavy atom. The number of nitrogens with zero attached hydrogens (tertiary/aromatic N) is 2. The first-order valence-electron chi connectivity index (χ1n) is 8.76. The summed E-state index contributed by atoms with van der Waals surface area (Å²) in [4.78, 5) is 2.15. The number of ether oxygens (including phenoxy) is 2. The summed E-state index contributed by atoms with van der Waals surface area (Å²) < 4.78 is 16.9. The second kappa shape index (κ2) is 9.21. The fourth-order valence-electron chi connectivity index (χ4n) is 2.58. The van der Waals surface area contributed by atoms with Crippen molar-refractivity contribution in [1.29, 1.82) is 0 Å². The Kier molecular flexibility index (Phi) is 6.97. The standard InChI is InChI=1S/C19H28N2O3/c1-5-8-9-12-23-17-13-15(22-4)10-11-16(17)18-14-19(20-24-18)21(6-2)7-3/h10-11,13-14H,5-9,12H2,1-4H3. The van der Waals surface area contributed by atoms with Crippen LogP contribution in [0.4, 0.5) is 5.82 Å². The molecule has 0 amide bonds. The molecule has 2 aromatic rings. The van der Waals surface area contributed by atoms with Crippen LogP contribution in [0.3, 0.4) is 0 Å². The SMILES string of the molecule is CCCCCOc1cc(OC)ccc1-c1cc(N(CC)CC)no1. The number of anilines is 1. The van der Waals surface area contributed by atoms with Crippen molar-refractivity contribution in [2.45, 2.75) is 40.0 Å². The quantitative estimate of drug-likeness (QED) is 0.587. The van der Waals surface area contributed by atoms with E-state index in [0.29, 0.717) is 12.4 Å². The molecule has 0 bridgehead atoms. The third kappa shape index (κ3) is 4.43. The van der Waals surface area contributed by atoms with Gasteiger partial charge in [0.2, 0.25) is 0 Å². The van der Waals surface area contributed by atoms with Crippen LogP contribution in [0.5, 0.6) is 11.5 Å². The van der Waals surface area contributed by atoms with Crippen LogP contribution < -0.4 is 14.4 Å². The topological polar surface area (TPSA) is 47.7 Å². The zero-order chi connectivity index (χ0) is 17.4. The van der Waals surface area contributed by atoms with Crippen LogP contribution in [-0.2, 0) is 0 Å². The molecule has 1 heterocycles. The lowest BCUT2D eigenvalue weighted by atomic mass is 10.1. The molecule has 0 radical (unpaired) electrons. The highest BCUT2D eigenvalue weighted by molar-refractivity contribution is 5.69. The molecule has 0 aliphatic heterocycles. The summed E-state index contributed by atoms with van der Waals surface area (Å²) in [5, 5.41) is 4.19. The number of benzene rings is 1. The van der Waals surface area contributed by atoms with Crippen molar-refractivity contribution in [2.24, 2.45) is 0 Å². The molecule has 0 fully saturated rings. The molecule has 1 aromatic carbocycles. The van der Waals surface area contributed by atoms with Gasteiger partial charge in [0.1, 0.15) is 11.5 Å². The molecule has 0 saturated heterocycles. The molecule has 5 nitrogen and oxygen atoms in total. The van der Waals surface area contributed by atoms with Crippen LogP contribution in [0.2, 0.25) is 0 Å². The third-order valence-corrected chi connectivity index (χ3v) is 4.04. The van der Waals surface area contributed by atoms with Gasteiger partial charge < -0.3 is 18.9 Å². The predicted molar refractivity (Wildman–Crippen MR) is 97.1 cm³/mol. The van der Waals surface area contributed by atoms with E-state index in [4.69, 9.17) is 14.0 Å². The molecular weight excluding hydrogens is 304 g/mol. The van der Waals surface area contributed by atoms with Gasteiger partial charge in [-0.2, -0.15) is 0 Å². The van der Waals surface area contributed by atoms with E-state index in [1.54, 1.807) is 7.11 Å². The third-order valence-electron chi connectivity index (χ3n) is 4.04. The maximum Gasteiger partial charge on any atom is 0.172 e. The largest absolute Gasteiger partial charge is 0.497 e. The molecular formula is C19H28N2O3. The molecule has 0 unspecified atom stereocenters. The number of unbranched alkanes of at least 4 members (excludes halogenated alkanes) is 2. The van der Waals surface area contributed by atoms with Crippen LogP contribution in [0.1, 0.15) is 40.0 Å². The molecule has 0 aliphatic rings. The minimum Gasteiger partial charge on any atom is -0.497 e.